The fourth-order valence-corrected chi connectivity index (χ4v) is 1.73. The zero-order chi connectivity index (χ0) is 12.3. The topological polar surface area (TPSA) is 78.9 Å². The van der Waals surface area contributed by atoms with Gasteiger partial charge >= 0.3 is 21.3 Å². The molecule has 0 radical (unpaired) electrons. The van der Waals surface area contributed by atoms with Gasteiger partial charge in [0.1, 0.15) is 0 Å². The number of hydrogen-bond donors (Lipinski definition) is 0. The van der Waals surface area contributed by atoms with Crippen molar-refractivity contribution in [1.29, 1.82) is 0 Å². The summed E-state index contributed by atoms with van der Waals surface area (Å²) in [7, 11) is -6.56. The lowest BCUT2D eigenvalue weighted by Crippen LogP contribution is -2.38. The molecule has 11 heteroatoms. The van der Waals surface area contributed by atoms with Crippen LogP contribution in [-0.2, 0) is 28.3 Å². The van der Waals surface area contributed by atoms with Gasteiger partial charge in [0.2, 0.25) is 0 Å². The molecule has 0 saturated carbocycles. The standard InChI is InChI=1S/C4H8F3O6PS/c1-11-4(12-2,14-8)13-15(9,10)3(5,6)7/h14H2,1-2H3. The maximum Gasteiger partial charge on any atom is 0.523 e. The van der Waals surface area contributed by atoms with E-state index < -0.39 is 29.8 Å². The highest BCUT2D eigenvalue weighted by atomic mass is 32.2. The Balaban J connectivity index is 5.09. The van der Waals surface area contributed by atoms with Gasteiger partial charge in [-0.1, -0.05) is 0 Å². The molecule has 0 aliphatic heterocycles. The molecule has 0 N–H and O–H groups in total. The molecule has 1 atom stereocenters. The second-order valence-electron chi connectivity index (χ2n) is 2.11. The third-order valence-corrected chi connectivity index (χ3v) is 3.29. The summed E-state index contributed by atoms with van der Waals surface area (Å²) in [6.45, 7) is 0. The first kappa shape index (κ1) is 14.8. The fraction of sp³-hybridized carbons (Fsp3) is 1.00. The van der Waals surface area contributed by atoms with Crippen LogP contribution in [0.25, 0.3) is 0 Å². The molecule has 0 fully saturated rings. The van der Waals surface area contributed by atoms with E-state index in [1.54, 1.807) is 0 Å². The molecule has 0 aliphatic rings. The average Bonchev–Trinajstić information content (AvgIpc) is 2.12. The summed E-state index contributed by atoms with van der Waals surface area (Å²) in [5.41, 5.74) is -8.35. The molecule has 0 spiro atoms. The van der Waals surface area contributed by atoms with Crippen molar-refractivity contribution >= 4 is 18.6 Å². The SMILES string of the molecule is COC(OC)(OS(=O)(=O)C(F)(F)F)[PH2]=O. The van der Waals surface area contributed by atoms with Gasteiger partial charge in [0.15, 0.2) is 8.46 Å². The Kier molecular flexibility index (Phi) is 4.74. The highest BCUT2D eigenvalue weighted by molar-refractivity contribution is 7.87. The summed E-state index contributed by atoms with van der Waals surface area (Å²) in [4.78, 5) is 0. The van der Waals surface area contributed by atoms with Crippen LogP contribution in [-0.4, -0.2) is 33.9 Å². The van der Waals surface area contributed by atoms with Crippen LogP contribution >= 0.6 is 8.46 Å². The van der Waals surface area contributed by atoms with Crippen LogP contribution in [0.15, 0.2) is 0 Å². The minimum atomic E-state index is -5.92. The van der Waals surface area contributed by atoms with E-state index >= 15 is 0 Å². The summed E-state index contributed by atoms with van der Waals surface area (Å²) < 4.78 is 79.0. The van der Waals surface area contributed by atoms with E-state index in [4.69, 9.17) is 0 Å². The Labute approximate surface area is 84.6 Å². The van der Waals surface area contributed by atoms with Crippen molar-refractivity contribution in [3.63, 3.8) is 0 Å². The van der Waals surface area contributed by atoms with Gasteiger partial charge in [0, 0.05) is 14.2 Å². The molecule has 0 rings (SSSR count). The lowest BCUT2D eigenvalue weighted by atomic mass is 11.2. The van der Waals surface area contributed by atoms with Gasteiger partial charge in [-0.2, -0.15) is 25.8 Å². The van der Waals surface area contributed by atoms with Crippen LogP contribution < -0.4 is 0 Å². The van der Waals surface area contributed by atoms with Crippen LogP contribution in [0.5, 0.6) is 0 Å². The van der Waals surface area contributed by atoms with E-state index in [-0.39, 0.29) is 0 Å². The van der Waals surface area contributed by atoms with Gasteiger partial charge < -0.3 is 14.0 Å². The Morgan fingerprint density at radius 3 is 1.73 bits per heavy atom. The zero-order valence-corrected chi connectivity index (χ0v) is 9.54. The quantitative estimate of drug-likeness (QED) is 0.314. The van der Waals surface area contributed by atoms with Crippen molar-refractivity contribution in [3.8, 4) is 0 Å². The van der Waals surface area contributed by atoms with Gasteiger partial charge in [-0.15, -0.1) is 0 Å². The zero-order valence-electron chi connectivity index (χ0n) is 7.57. The minimum Gasteiger partial charge on any atom is -0.325 e. The lowest BCUT2D eigenvalue weighted by Gasteiger charge is -2.24. The third kappa shape index (κ3) is 3.42. The van der Waals surface area contributed by atoms with Crippen molar-refractivity contribution in [2.45, 2.75) is 11.2 Å². The highest BCUT2D eigenvalue weighted by Crippen LogP contribution is 2.34. The molecule has 0 heterocycles. The highest BCUT2D eigenvalue weighted by Gasteiger charge is 2.52. The first-order valence-corrected chi connectivity index (χ1v) is 5.68. The van der Waals surface area contributed by atoms with Crippen molar-refractivity contribution in [3.05, 3.63) is 0 Å². The second kappa shape index (κ2) is 4.79. The summed E-state index contributed by atoms with van der Waals surface area (Å²) in [5, 5.41) is 0. The summed E-state index contributed by atoms with van der Waals surface area (Å²) in [6.07, 6.45) is 0. The summed E-state index contributed by atoms with van der Waals surface area (Å²) in [6, 6.07) is 0. The average molecular weight is 272 g/mol. The number of halogens is 3. The van der Waals surface area contributed by atoms with E-state index in [9.17, 15) is 26.2 Å². The molecule has 0 amide bonds. The maximum atomic E-state index is 11.9. The fourth-order valence-electron chi connectivity index (χ4n) is 0.467. The van der Waals surface area contributed by atoms with Crippen molar-refractivity contribution in [2.75, 3.05) is 14.2 Å². The maximum absolute atomic E-state index is 11.9. The molecule has 0 aliphatic carbocycles. The molecule has 0 aromatic rings. The molecule has 0 aromatic heterocycles. The Morgan fingerprint density at radius 2 is 1.53 bits per heavy atom. The molecule has 1 unspecified atom stereocenters. The Hall–Kier alpha value is -0.150. The van der Waals surface area contributed by atoms with Crippen LogP contribution in [0.2, 0.25) is 0 Å². The summed E-state index contributed by atoms with van der Waals surface area (Å²) >= 11 is 0. The van der Waals surface area contributed by atoms with Crippen molar-refractivity contribution in [1.82, 2.24) is 0 Å². The second-order valence-corrected chi connectivity index (χ2v) is 4.59. The molecule has 6 nitrogen and oxygen atoms in total. The molecule has 15 heavy (non-hydrogen) atoms. The van der Waals surface area contributed by atoms with Gasteiger partial charge in [0.05, 0.1) is 0 Å². The number of ether oxygens (including phenoxy) is 2. The van der Waals surface area contributed by atoms with E-state index in [0.29, 0.717) is 0 Å². The van der Waals surface area contributed by atoms with E-state index in [1.807, 2.05) is 0 Å². The number of alkyl halides is 3. The van der Waals surface area contributed by atoms with Crippen LogP contribution in [0.1, 0.15) is 0 Å². The Bertz CT molecular complexity index is 320. The number of hydrogen-bond acceptors (Lipinski definition) is 6. The van der Waals surface area contributed by atoms with Crippen molar-refractivity contribution < 1.29 is 39.8 Å². The molecule has 0 bridgehead atoms. The molecular weight excluding hydrogens is 264 g/mol. The van der Waals surface area contributed by atoms with Crippen LogP contribution in [0.4, 0.5) is 13.2 Å². The Morgan fingerprint density at radius 1 is 1.13 bits per heavy atom. The molecule has 92 valence electrons. The van der Waals surface area contributed by atoms with E-state index in [2.05, 4.69) is 13.7 Å². The first-order chi connectivity index (χ1) is 6.64. The monoisotopic (exact) mass is 272 g/mol. The molecule has 0 aromatic carbocycles. The summed E-state index contributed by atoms with van der Waals surface area (Å²) in [5.74, 6) is 0. The number of rotatable bonds is 5. The van der Waals surface area contributed by atoms with E-state index in [0.717, 1.165) is 14.2 Å². The van der Waals surface area contributed by atoms with Gasteiger partial charge in [-0.25, -0.2) is 0 Å². The lowest BCUT2D eigenvalue weighted by molar-refractivity contribution is -0.258. The molecular formula is C4H8F3O6PS. The molecule has 0 saturated heterocycles. The third-order valence-electron chi connectivity index (χ3n) is 1.22. The predicted molar refractivity (Wildman–Crippen MR) is 43.2 cm³/mol. The largest absolute Gasteiger partial charge is 0.523 e. The van der Waals surface area contributed by atoms with Crippen LogP contribution in [0.3, 0.4) is 0 Å². The van der Waals surface area contributed by atoms with Gasteiger partial charge in [-0.05, 0) is 0 Å². The minimum absolute atomic E-state index is 0.792. The normalized spacial score (nSPS) is 15.0. The van der Waals surface area contributed by atoms with Crippen LogP contribution in [0, 0.1) is 0 Å². The van der Waals surface area contributed by atoms with Gasteiger partial charge in [0.25, 0.3) is 0 Å². The first-order valence-electron chi connectivity index (χ1n) is 3.22. The van der Waals surface area contributed by atoms with E-state index in [1.165, 1.54) is 0 Å². The van der Waals surface area contributed by atoms with Gasteiger partial charge in [-0.3, -0.25) is 0 Å². The number of methoxy groups -OCH3 is 2. The smallest absolute Gasteiger partial charge is 0.325 e. The van der Waals surface area contributed by atoms with Crippen molar-refractivity contribution in [2.24, 2.45) is 0 Å². The predicted octanol–water partition coefficient (Wildman–Crippen LogP) is 0.513.